The number of nitrogens with zero attached hydrogens (tertiary/aromatic N) is 1. The fourth-order valence-corrected chi connectivity index (χ4v) is 3.77. The van der Waals surface area contributed by atoms with Crippen molar-refractivity contribution in [3.63, 3.8) is 0 Å². The van der Waals surface area contributed by atoms with E-state index in [1.54, 1.807) is 30.8 Å². The molecule has 2 heterocycles. The first-order chi connectivity index (χ1) is 13.6. The second-order valence-electron chi connectivity index (χ2n) is 6.62. The highest BCUT2D eigenvalue weighted by Gasteiger charge is 2.24. The number of carbonyl (C=O) groups is 1. The summed E-state index contributed by atoms with van der Waals surface area (Å²) in [4.78, 5) is 20.8. The Morgan fingerprint density at radius 2 is 2.11 bits per heavy atom. The molecular weight excluding hydrogens is 377 g/mol. The van der Waals surface area contributed by atoms with Gasteiger partial charge in [0.05, 0.1) is 17.1 Å². The van der Waals surface area contributed by atoms with Gasteiger partial charge < -0.3 is 14.7 Å². The minimum atomic E-state index is -0.476. The Morgan fingerprint density at radius 1 is 1.29 bits per heavy atom. The van der Waals surface area contributed by atoms with E-state index >= 15 is 0 Å². The van der Waals surface area contributed by atoms with Crippen LogP contribution in [-0.4, -0.2) is 27.9 Å². The lowest BCUT2D eigenvalue weighted by molar-refractivity contribution is 0.0907. The molecule has 0 fully saturated rings. The van der Waals surface area contributed by atoms with Crippen molar-refractivity contribution in [2.75, 3.05) is 12.0 Å². The van der Waals surface area contributed by atoms with E-state index in [1.165, 1.54) is 6.07 Å². The average Bonchev–Trinajstić information content (AvgIpc) is 3.27. The van der Waals surface area contributed by atoms with E-state index in [9.17, 15) is 9.18 Å². The van der Waals surface area contributed by atoms with Crippen LogP contribution in [0.4, 0.5) is 4.39 Å². The third-order valence-corrected chi connectivity index (χ3v) is 5.42. The van der Waals surface area contributed by atoms with Crippen molar-refractivity contribution in [3.8, 4) is 0 Å². The number of aryl methyl sites for hydroxylation is 1. The van der Waals surface area contributed by atoms with E-state index in [0.29, 0.717) is 23.2 Å². The van der Waals surface area contributed by atoms with Crippen LogP contribution in [0.1, 0.15) is 34.4 Å². The number of furan rings is 1. The summed E-state index contributed by atoms with van der Waals surface area (Å²) in [6, 6.07) is 12.1. The number of para-hydroxylation sites is 3. The summed E-state index contributed by atoms with van der Waals surface area (Å²) < 4.78 is 19.6. The minimum Gasteiger partial charge on any atom is -0.448 e. The van der Waals surface area contributed by atoms with E-state index in [4.69, 9.17) is 4.42 Å². The van der Waals surface area contributed by atoms with Gasteiger partial charge in [0.1, 0.15) is 5.82 Å². The maximum absolute atomic E-state index is 14.0. The van der Waals surface area contributed by atoms with Crippen molar-refractivity contribution in [1.29, 1.82) is 0 Å². The molecule has 4 rings (SSSR count). The molecule has 28 heavy (non-hydrogen) atoms. The molecule has 0 aliphatic carbocycles. The van der Waals surface area contributed by atoms with E-state index in [2.05, 4.69) is 15.3 Å². The van der Waals surface area contributed by atoms with Crippen molar-refractivity contribution in [2.24, 2.45) is 0 Å². The molecule has 0 spiro atoms. The largest absolute Gasteiger partial charge is 0.448 e. The van der Waals surface area contributed by atoms with Gasteiger partial charge in [0, 0.05) is 10.9 Å². The van der Waals surface area contributed by atoms with Crippen molar-refractivity contribution < 1.29 is 13.6 Å². The zero-order valence-corrected chi connectivity index (χ0v) is 16.4. The fourth-order valence-electron chi connectivity index (χ4n) is 3.30. The number of imidazole rings is 1. The number of carbonyl (C=O) groups excluding carboxylic acids is 1. The third-order valence-electron chi connectivity index (χ3n) is 4.78. The maximum atomic E-state index is 14.0. The van der Waals surface area contributed by atoms with Gasteiger partial charge in [0.15, 0.2) is 17.2 Å². The quantitative estimate of drug-likeness (QED) is 0.481. The zero-order valence-electron chi connectivity index (χ0n) is 15.6. The van der Waals surface area contributed by atoms with Crippen LogP contribution in [-0.2, 0) is 0 Å². The topological polar surface area (TPSA) is 70.9 Å². The van der Waals surface area contributed by atoms with Gasteiger partial charge in [-0.05, 0) is 43.6 Å². The zero-order chi connectivity index (χ0) is 19.7. The van der Waals surface area contributed by atoms with Gasteiger partial charge in [-0.2, -0.15) is 11.8 Å². The number of aromatic nitrogens is 2. The molecule has 1 atom stereocenters. The van der Waals surface area contributed by atoms with Gasteiger partial charge in [0.2, 0.25) is 0 Å². The molecule has 4 aromatic rings. The molecule has 0 aliphatic heterocycles. The highest BCUT2D eigenvalue weighted by molar-refractivity contribution is 7.98. The Bertz CT molecular complexity index is 1120. The second-order valence-corrected chi connectivity index (χ2v) is 7.61. The summed E-state index contributed by atoms with van der Waals surface area (Å²) in [5.74, 6) is 0.833. The summed E-state index contributed by atoms with van der Waals surface area (Å²) >= 11 is 1.70. The smallest absolute Gasteiger partial charge is 0.287 e. The number of aromatic amines is 1. The molecule has 2 aromatic heterocycles. The molecule has 1 amide bonds. The van der Waals surface area contributed by atoms with Crippen LogP contribution in [0.5, 0.6) is 0 Å². The molecule has 0 saturated heterocycles. The van der Waals surface area contributed by atoms with E-state index in [-0.39, 0.29) is 23.3 Å². The van der Waals surface area contributed by atoms with Crippen LogP contribution in [0.15, 0.2) is 46.9 Å². The summed E-state index contributed by atoms with van der Waals surface area (Å²) in [6.07, 6.45) is 2.73. The molecule has 2 N–H and O–H groups in total. The SMILES string of the molecule is CSCCC(NC(=O)c1oc2c(F)cccc2c1C)c1nc2ccccc2[nH]1. The van der Waals surface area contributed by atoms with Crippen molar-refractivity contribution >= 4 is 39.7 Å². The lowest BCUT2D eigenvalue weighted by atomic mass is 10.1. The Morgan fingerprint density at radius 3 is 2.86 bits per heavy atom. The normalized spacial score (nSPS) is 12.5. The number of amides is 1. The Hall–Kier alpha value is -2.80. The first-order valence-corrected chi connectivity index (χ1v) is 10.4. The molecule has 2 aromatic carbocycles. The number of hydrogen-bond acceptors (Lipinski definition) is 4. The first kappa shape index (κ1) is 18.6. The number of thioether (sulfide) groups is 1. The van der Waals surface area contributed by atoms with Gasteiger partial charge >= 0.3 is 0 Å². The molecular formula is C21H20FN3O2S. The summed E-state index contributed by atoms with van der Waals surface area (Å²) in [6.45, 7) is 1.76. The monoisotopic (exact) mass is 397 g/mol. The highest BCUT2D eigenvalue weighted by Crippen LogP contribution is 2.28. The number of hydrogen-bond donors (Lipinski definition) is 2. The standard InChI is InChI=1S/C21H20FN3O2S/c1-12-13-6-5-7-14(22)19(13)27-18(12)21(26)25-17(10-11-28-2)20-23-15-8-3-4-9-16(15)24-20/h3-9,17H,10-11H2,1-2H3,(H,23,24)(H,25,26). The predicted molar refractivity (Wildman–Crippen MR) is 110 cm³/mol. The third kappa shape index (κ3) is 3.38. The molecule has 5 nitrogen and oxygen atoms in total. The number of fused-ring (bicyclic) bond motifs is 2. The molecule has 0 saturated carbocycles. The van der Waals surface area contributed by atoms with Crippen molar-refractivity contribution in [3.05, 3.63) is 65.4 Å². The summed E-state index contributed by atoms with van der Waals surface area (Å²) in [5.41, 5.74) is 2.50. The average molecular weight is 397 g/mol. The van der Waals surface area contributed by atoms with Crippen LogP contribution < -0.4 is 5.32 Å². The van der Waals surface area contributed by atoms with Crippen LogP contribution in [0.25, 0.3) is 22.0 Å². The Kier molecular flexibility index (Phi) is 5.09. The van der Waals surface area contributed by atoms with Crippen molar-refractivity contribution in [1.82, 2.24) is 15.3 Å². The van der Waals surface area contributed by atoms with E-state index in [0.717, 1.165) is 16.8 Å². The predicted octanol–water partition coefficient (Wildman–Crippen LogP) is 4.98. The first-order valence-electron chi connectivity index (χ1n) is 9.00. The van der Waals surface area contributed by atoms with Crippen LogP contribution in [0.3, 0.4) is 0 Å². The van der Waals surface area contributed by atoms with Crippen molar-refractivity contribution in [2.45, 2.75) is 19.4 Å². The summed E-state index contributed by atoms with van der Waals surface area (Å²) in [7, 11) is 0. The Balaban J connectivity index is 1.66. The number of nitrogens with one attached hydrogen (secondary N) is 2. The van der Waals surface area contributed by atoms with E-state index < -0.39 is 5.82 Å². The number of benzene rings is 2. The van der Waals surface area contributed by atoms with E-state index in [1.807, 2.05) is 30.5 Å². The fraction of sp³-hybridized carbons (Fsp3) is 0.238. The lowest BCUT2D eigenvalue weighted by Crippen LogP contribution is -2.30. The van der Waals surface area contributed by atoms with Gasteiger partial charge in [-0.25, -0.2) is 9.37 Å². The number of H-pyrrole nitrogens is 1. The molecule has 0 radical (unpaired) electrons. The highest BCUT2D eigenvalue weighted by atomic mass is 32.2. The van der Waals surface area contributed by atoms with Gasteiger partial charge in [-0.3, -0.25) is 4.79 Å². The number of rotatable bonds is 6. The minimum absolute atomic E-state index is 0.106. The Labute approximate surface area is 165 Å². The molecule has 7 heteroatoms. The summed E-state index contributed by atoms with van der Waals surface area (Å²) in [5, 5.41) is 3.61. The number of halogens is 1. The van der Waals surface area contributed by atoms with Gasteiger partial charge in [-0.1, -0.05) is 24.3 Å². The molecule has 144 valence electrons. The van der Waals surface area contributed by atoms with Crippen LogP contribution >= 0.6 is 11.8 Å². The van der Waals surface area contributed by atoms with Gasteiger partial charge in [-0.15, -0.1) is 0 Å². The maximum Gasteiger partial charge on any atom is 0.287 e. The van der Waals surface area contributed by atoms with Gasteiger partial charge in [0.25, 0.3) is 5.91 Å². The lowest BCUT2D eigenvalue weighted by Gasteiger charge is -2.15. The molecule has 0 bridgehead atoms. The molecule has 1 unspecified atom stereocenters. The second kappa shape index (κ2) is 7.67. The molecule has 0 aliphatic rings. The van der Waals surface area contributed by atoms with Crippen LogP contribution in [0, 0.1) is 12.7 Å². The van der Waals surface area contributed by atoms with Crippen LogP contribution in [0.2, 0.25) is 0 Å².